The minimum absolute atomic E-state index is 0.0659. The van der Waals surface area contributed by atoms with Crippen LogP contribution in [-0.4, -0.2) is 61.7 Å². The van der Waals surface area contributed by atoms with Crippen molar-refractivity contribution >= 4 is 12.0 Å². The summed E-state index contributed by atoms with van der Waals surface area (Å²) in [6.07, 6.45) is -0.306. The highest BCUT2D eigenvalue weighted by Gasteiger charge is 2.35. The Labute approximate surface area is 143 Å². The average molecular weight is 334 g/mol. The summed E-state index contributed by atoms with van der Waals surface area (Å²) in [5, 5.41) is 0. The molecule has 24 heavy (non-hydrogen) atoms. The topological polar surface area (TPSA) is 59.1 Å². The number of amides is 2. The molecule has 1 aromatic carbocycles. The van der Waals surface area contributed by atoms with Gasteiger partial charge in [0.05, 0.1) is 19.1 Å². The van der Waals surface area contributed by atoms with Gasteiger partial charge in [-0.15, -0.1) is 0 Å². The van der Waals surface area contributed by atoms with Crippen LogP contribution in [-0.2, 0) is 14.9 Å². The maximum atomic E-state index is 12.9. The Bertz CT molecular complexity index is 575. The number of hydrogen-bond acceptors (Lipinski definition) is 4. The van der Waals surface area contributed by atoms with Crippen molar-refractivity contribution < 1.29 is 19.1 Å². The maximum Gasteiger partial charge on any atom is 0.409 e. The maximum absolute atomic E-state index is 12.9. The van der Waals surface area contributed by atoms with Gasteiger partial charge in [-0.2, -0.15) is 0 Å². The van der Waals surface area contributed by atoms with Gasteiger partial charge < -0.3 is 19.3 Å². The normalized spacial score (nSPS) is 15.2. The molecule has 1 saturated heterocycles. The lowest BCUT2D eigenvalue weighted by Gasteiger charge is -2.38. The highest BCUT2D eigenvalue weighted by atomic mass is 16.6. The standard InChI is InChI=1S/C18H26N2O4/c1-5-24-17(22)20-12-10-19(11-13-20)16(21)18(2,3)14-6-8-15(23-4)9-7-14/h6-9H,5,10-13H2,1-4H3. The van der Waals surface area contributed by atoms with Crippen molar-refractivity contribution in [2.75, 3.05) is 39.9 Å². The number of benzene rings is 1. The third-order valence-corrected chi connectivity index (χ3v) is 4.44. The Morgan fingerprint density at radius 2 is 1.58 bits per heavy atom. The van der Waals surface area contributed by atoms with Gasteiger partial charge >= 0.3 is 6.09 Å². The molecule has 6 nitrogen and oxygen atoms in total. The smallest absolute Gasteiger partial charge is 0.409 e. The highest BCUT2D eigenvalue weighted by molar-refractivity contribution is 5.87. The van der Waals surface area contributed by atoms with E-state index in [4.69, 9.17) is 9.47 Å². The minimum atomic E-state index is -0.627. The molecule has 0 unspecified atom stereocenters. The molecule has 0 atom stereocenters. The number of carbonyl (C=O) groups is 2. The molecule has 1 fully saturated rings. The molecule has 0 aliphatic carbocycles. The van der Waals surface area contributed by atoms with Crippen LogP contribution in [0.2, 0.25) is 0 Å². The molecule has 1 aliphatic rings. The Morgan fingerprint density at radius 1 is 1.04 bits per heavy atom. The summed E-state index contributed by atoms with van der Waals surface area (Å²) in [4.78, 5) is 28.1. The number of nitrogens with zero attached hydrogens (tertiary/aromatic N) is 2. The predicted molar refractivity (Wildman–Crippen MR) is 91.2 cm³/mol. The van der Waals surface area contributed by atoms with E-state index in [1.807, 2.05) is 43.0 Å². The third-order valence-electron chi connectivity index (χ3n) is 4.44. The number of hydrogen-bond donors (Lipinski definition) is 0. The molecule has 132 valence electrons. The second-order valence-corrected chi connectivity index (χ2v) is 6.33. The van der Waals surface area contributed by atoms with Crippen molar-refractivity contribution in [1.82, 2.24) is 9.80 Å². The lowest BCUT2D eigenvalue weighted by atomic mass is 9.83. The van der Waals surface area contributed by atoms with Gasteiger partial charge in [0.1, 0.15) is 5.75 Å². The number of methoxy groups -OCH3 is 1. The first-order chi connectivity index (χ1) is 11.4. The van der Waals surface area contributed by atoms with Gasteiger partial charge in [-0.25, -0.2) is 4.79 Å². The van der Waals surface area contributed by atoms with Gasteiger partial charge in [0, 0.05) is 26.2 Å². The quantitative estimate of drug-likeness (QED) is 0.847. The molecule has 0 aromatic heterocycles. The SMILES string of the molecule is CCOC(=O)N1CCN(C(=O)C(C)(C)c2ccc(OC)cc2)CC1. The molecule has 2 amide bonds. The number of piperazine rings is 1. The van der Waals surface area contributed by atoms with Crippen LogP contribution in [0.3, 0.4) is 0 Å². The van der Waals surface area contributed by atoms with Crippen LogP contribution in [0.4, 0.5) is 4.79 Å². The zero-order valence-electron chi connectivity index (χ0n) is 14.9. The van der Waals surface area contributed by atoms with E-state index in [1.165, 1.54) is 0 Å². The Morgan fingerprint density at radius 3 is 2.08 bits per heavy atom. The lowest BCUT2D eigenvalue weighted by Crippen LogP contribution is -2.54. The second kappa shape index (κ2) is 7.55. The summed E-state index contributed by atoms with van der Waals surface area (Å²) in [5.74, 6) is 0.834. The fourth-order valence-corrected chi connectivity index (χ4v) is 2.83. The van der Waals surface area contributed by atoms with E-state index in [0.717, 1.165) is 11.3 Å². The monoisotopic (exact) mass is 334 g/mol. The number of carbonyl (C=O) groups excluding carboxylic acids is 2. The first kappa shape index (κ1) is 18.1. The van der Waals surface area contributed by atoms with Crippen LogP contribution in [0.25, 0.3) is 0 Å². The van der Waals surface area contributed by atoms with Gasteiger partial charge in [-0.1, -0.05) is 12.1 Å². The van der Waals surface area contributed by atoms with Crippen LogP contribution in [0.5, 0.6) is 5.75 Å². The molecule has 0 bridgehead atoms. The van der Waals surface area contributed by atoms with Crippen LogP contribution in [0.1, 0.15) is 26.3 Å². The Hall–Kier alpha value is -2.24. The first-order valence-electron chi connectivity index (χ1n) is 8.25. The first-order valence-corrected chi connectivity index (χ1v) is 8.25. The minimum Gasteiger partial charge on any atom is -0.497 e. The summed E-state index contributed by atoms with van der Waals surface area (Å²) in [6.45, 7) is 8.06. The Kier molecular flexibility index (Phi) is 5.70. The summed E-state index contributed by atoms with van der Waals surface area (Å²) in [5.41, 5.74) is 0.319. The van der Waals surface area contributed by atoms with Gasteiger partial charge in [0.25, 0.3) is 0 Å². The zero-order chi connectivity index (χ0) is 17.7. The van der Waals surface area contributed by atoms with Gasteiger partial charge in [0.15, 0.2) is 0 Å². The van der Waals surface area contributed by atoms with E-state index >= 15 is 0 Å². The molecule has 0 radical (unpaired) electrons. The average Bonchev–Trinajstić information content (AvgIpc) is 2.61. The van der Waals surface area contributed by atoms with Gasteiger partial charge in [0.2, 0.25) is 5.91 Å². The molecular weight excluding hydrogens is 308 g/mol. The van der Waals surface area contributed by atoms with E-state index in [1.54, 1.807) is 18.9 Å². The number of rotatable bonds is 4. The molecule has 2 rings (SSSR count). The Balaban J connectivity index is 2.01. The zero-order valence-corrected chi connectivity index (χ0v) is 14.9. The molecule has 1 aromatic rings. The van der Waals surface area contributed by atoms with Gasteiger partial charge in [-0.3, -0.25) is 4.79 Å². The van der Waals surface area contributed by atoms with E-state index < -0.39 is 5.41 Å². The van der Waals surface area contributed by atoms with E-state index in [-0.39, 0.29) is 12.0 Å². The fourth-order valence-electron chi connectivity index (χ4n) is 2.83. The van der Waals surface area contributed by atoms with Crippen molar-refractivity contribution in [3.8, 4) is 5.75 Å². The van der Waals surface area contributed by atoms with Crippen LogP contribution in [0, 0.1) is 0 Å². The van der Waals surface area contributed by atoms with Crippen molar-refractivity contribution in [3.63, 3.8) is 0 Å². The molecular formula is C18H26N2O4. The summed E-state index contributed by atoms with van der Waals surface area (Å²) in [7, 11) is 1.62. The third kappa shape index (κ3) is 3.80. The van der Waals surface area contributed by atoms with Crippen LogP contribution >= 0.6 is 0 Å². The molecule has 0 N–H and O–H groups in total. The number of ether oxygens (including phenoxy) is 2. The van der Waals surface area contributed by atoms with Crippen molar-refractivity contribution in [1.29, 1.82) is 0 Å². The van der Waals surface area contributed by atoms with E-state index in [9.17, 15) is 9.59 Å². The summed E-state index contributed by atoms with van der Waals surface area (Å²) in [6, 6.07) is 7.57. The second-order valence-electron chi connectivity index (χ2n) is 6.33. The van der Waals surface area contributed by atoms with E-state index in [2.05, 4.69) is 0 Å². The molecule has 0 spiro atoms. The highest BCUT2D eigenvalue weighted by Crippen LogP contribution is 2.28. The molecule has 6 heteroatoms. The molecule has 0 saturated carbocycles. The van der Waals surface area contributed by atoms with Crippen LogP contribution < -0.4 is 4.74 Å². The van der Waals surface area contributed by atoms with Gasteiger partial charge in [-0.05, 0) is 38.5 Å². The molecule has 1 heterocycles. The van der Waals surface area contributed by atoms with Crippen molar-refractivity contribution in [2.24, 2.45) is 0 Å². The summed E-state index contributed by atoms with van der Waals surface area (Å²) < 4.78 is 10.2. The van der Waals surface area contributed by atoms with Crippen LogP contribution in [0.15, 0.2) is 24.3 Å². The van der Waals surface area contributed by atoms with Crippen molar-refractivity contribution in [2.45, 2.75) is 26.2 Å². The largest absolute Gasteiger partial charge is 0.497 e. The van der Waals surface area contributed by atoms with Crippen molar-refractivity contribution in [3.05, 3.63) is 29.8 Å². The predicted octanol–water partition coefficient (Wildman–Crippen LogP) is 2.27. The van der Waals surface area contributed by atoms with E-state index in [0.29, 0.717) is 32.8 Å². The summed E-state index contributed by atoms with van der Waals surface area (Å²) >= 11 is 0. The lowest BCUT2D eigenvalue weighted by molar-refractivity contribution is -0.137. The fraction of sp³-hybridized carbons (Fsp3) is 0.556. The molecule has 1 aliphatic heterocycles.